The Bertz CT molecular complexity index is 50.0. The molecule has 2 heteroatoms. The Morgan fingerprint density at radius 3 is 2.86 bits per heavy atom. The predicted molar refractivity (Wildman–Crippen MR) is 27.1 cm³/mol. The Hall–Kier alpha value is -0.0800. The van der Waals surface area contributed by atoms with Crippen LogP contribution >= 0.6 is 0 Å². The van der Waals surface area contributed by atoms with Crippen LogP contribution in [0.1, 0.15) is 6.42 Å². The summed E-state index contributed by atoms with van der Waals surface area (Å²) in [4.78, 5) is 0. The van der Waals surface area contributed by atoms with E-state index in [9.17, 15) is 0 Å². The highest BCUT2D eigenvalue weighted by atomic mass is 16.3. The summed E-state index contributed by atoms with van der Waals surface area (Å²) in [7, 11) is 0. The Morgan fingerprint density at radius 2 is 2.57 bits per heavy atom. The monoisotopic (exact) mass is 100 g/mol. The van der Waals surface area contributed by atoms with Gasteiger partial charge in [0.1, 0.15) is 0 Å². The minimum atomic E-state index is 0.323. The molecule has 0 bridgehead atoms. The molecule has 2 nitrogen and oxygen atoms in total. The quantitative estimate of drug-likeness (QED) is 0.478. The van der Waals surface area contributed by atoms with Crippen LogP contribution in [-0.4, -0.2) is 24.8 Å². The smallest absolute Gasteiger partial charge is 0.0472 e. The molecular weight excluding hydrogens is 90.1 g/mol. The standard InChI is InChI=1S/C5H10NO/c7-4-5-1-2-6-3-5/h5,7H,1-4H2. The third kappa shape index (κ3) is 1.14. The Morgan fingerprint density at radius 1 is 1.71 bits per heavy atom. The molecule has 0 aliphatic carbocycles. The van der Waals surface area contributed by atoms with Crippen LogP contribution in [0.25, 0.3) is 0 Å². The number of hydrogen-bond donors (Lipinski definition) is 1. The third-order valence-electron chi connectivity index (χ3n) is 1.34. The summed E-state index contributed by atoms with van der Waals surface area (Å²) < 4.78 is 0. The van der Waals surface area contributed by atoms with Gasteiger partial charge in [-0.15, -0.1) is 0 Å². The number of nitrogens with zero attached hydrogens (tertiary/aromatic N) is 1. The molecule has 1 fully saturated rings. The SMILES string of the molecule is OCC1CC[N]C1. The zero-order chi connectivity index (χ0) is 5.11. The molecule has 1 atom stereocenters. The summed E-state index contributed by atoms with van der Waals surface area (Å²) >= 11 is 0. The lowest BCUT2D eigenvalue weighted by molar-refractivity contribution is 0.237. The largest absolute Gasteiger partial charge is 0.396 e. The first-order chi connectivity index (χ1) is 3.43. The number of aliphatic hydroxyl groups is 1. The van der Waals surface area contributed by atoms with Gasteiger partial charge in [0.15, 0.2) is 0 Å². The summed E-state index contributed by atoms with van der Waals surface area (Å²) in [6, 6.07) is 0. The van der Waals surface area contributed by atoms with Crippen LogP contribution in [0.3, 0.4) is 0 Å². The Labute approximate surface area is 43.5 Å². The van der Waals surface area contributed by atoms with Crippen molar-refractivity contribution in [1.82, 2.24) is 5.32 Å². The number of hydrogen-bond acceptors (Lipinski definition) is 1. The lowest BCUT2D eigenvalue weighted by Crippen LogP contribution is -2.06. The van der Waals surface area contributed by atoms with Crippen LogP contribution in [0.2, 0.25) is 0 Å². The molecule has 1 radical (unpaired) electrons. The second-order valence-corrected chi connectivity index (χ2v) is 1.97. The molecule has 0 aromatic heterocycles. The van der Waals surface area contributed by atoms with Crippen molar-refractivity contribution in [3.8, 4) is 0 Å². The van der Waals surface area contributed by atoms with Gasteiger partial charge in [0.25, 0.3) is 0 Å². The van der Waals surface area contributed by atoms with E-state index >= 15 is 0 Å². The first-order valence-corrected chi connectivity index (χ1v) is 2.67. The van der Waals surface area contributed by atoms with Gasteiger partial charge < -0.3 is 5.11 Å². The molecule has 1 aliphatic rings. The van der Waals surface area contributed by atoms with Gasteiger partial charge in [0.05, 0.1) is 0 Å². The molecule has 41 valence electrons. The van der Waals surface area contributed by atoms with Crippen molar-refractivity contribution in [1.29, 1.82) is 0 Å². The van der Waals surface area contributed by atoms with Gasteiger partial charge in [0, 0.05) is 19.7 Å². The van der Waals surface area contributed by atoms with Gasteiger partial charge in [-0.2, -0.15) is 0 Å². The fraction of sp³-hybridized carbons (Fsp3) is 1.00. The molecule has 0 aromatic rings. The van der Waals surface area contributed by atoms with E-state index in [0.717, 1.165) is 19.5 Å². The molecule has 1 unspecified atom stereocenters. The van der Waals surface area contributed by atoms with Gasteiger partial charge in [-0.05, 0) is 12.3 Å². The van der Waals surface area contributed by atoms with Crippen LogP contribution in [0.5, 0.6) is 0 Å². The second kappa shape index (κ2) is 2.28. The normalized spacial score (nSPS) is 31.3. The molecule has 1 heterocycles. The van der Waals surface area contributed by atoms with Crippen molar-refractivity contribution >= 4 is 0 Å². The Kier molecular flexibility index (Phi) is 1.65. The summed E-state index contributed by atoms with van der Waals surface area (Å²) in [6.07, 6.45) is 1.09. The highest BCUT2D eigenvalue weighted by Gasteiger charge is 2.12. The van der Waals surface area contributed by atoms with Crippen molar-refractivity contribution in [3.05, 3.63) is 0 Å². The van der Waals surface area contributed by atoms with Gasteiger partial charge in [-0.3, -0.25) is 0 Å². The molecule has 7 heavy (non-hydrogen) atoms. The van der Waals surface area contributed by atoms with E-state index in [0.29, 0.717) is 12.5 Å². The van der Waals surface area contributed by atoms with Gasteiger partial charge in [-0.25, -0.2) is 5.32 Å². The molecule has 1 saturated heterocycles. The minimum Gasteiger partial charge on any atom is -0.396 e. The first kappa shape index (κ1) is 5.06. The molecule has 1 aliphatic heterocycles. The van der Waals surface area contributed by atoms with E-state index in [1.165, 1.54) is 0 Å². The fourth-order valence-electron chi connectivity index (χ4n) is 0.788. The van der Waals surface area contributed by atoms with Gasteiger partial charge in [-0.1, -0.05) is 0 Å². The molecular formula is C5H10NO. The van der Waals surface area contributed by atoms with Crippen LogP contribution < -0.4 is 5.32 Å². The molecule has 0 aromatic carbocycles. The van der Waals surface area contributed by atoms with Crippen molar-refractivity contribution in [2.45, 2.75) is 6.42 Å². The molecule has 0 spiro atoms. The van der Waals surface area contributed by atoms with Crippen molar-refractivity contribution in [3.63, 3.8) is 0 Å². The Balaban J connectivity index is 2.14. The summed E-state index contributed by atoms with van der Waals surface area (Å²) in [5.74, 6) is 0.486. The highest BCUT2D eigenvalue weighted by molar-refractivity contribution is 4.68. The van der Waals surface area contributed by atoms with E-state index < -0.39 is 0 Å². The maximum absolute atomic E-state index is 8.51. The molecule has 1 rings (SSSR count). The topological polar surface area (TPSA) is 34.3 Å². The van der Waals surface area contributed by atoms with Crippen LogP contribution in [-0.2, 0) is 0 Å². The summed E-state index contributed by atoms with van der Waals surface area (Å²) in [6.45, 7) is 2.17. The van der Waals surface area contributed by atoms with Crippen LogP contribution in [0.4, 0.5) is 0 Å². The van der Waals surface area contributed by atoms with E-state index in [1.807, 2.05) is 0 Å². The maximum atomic E-state index is 8.51. The van der Waals surface area contributed by atoms with Crippen molar-refractivity contribution in [2.24, 2.45) is 5.92 Å². The average Bonchev–Trinajstić information content (AvgIpc) is 2.14. The molecule has 1 N–H and O–H groups in total. The maximum Gasteiger partial charge on any atom is 0.0472 e. The van der Waals surface area contributed by atoms with Crippen LogP contribution in [0, 0.1) is 5.92 Å². The third-order valence-corrected chi connectivity index (χ3v) is 1.34. The summed E-state index contributed by atoms with van der Waals surface area (Å²) in [5.41, 5.74) is 0. The van der Waals surface area contributed by atoms with Gasteiger partial charge >= 0.3 is 0 Å². The van der Waals surface area contributed by atoms with Gasteiger partial charge in [0.2, 0.25) is 0 Å². The van der Waals surface area contributed by atoms with E-state index in [1.54, 1.807) is 0 Å². The lowest BCUT2D eigenvalue weighted by atomic mass is 10.1. The lowest BCUT2D eigenvalue weighted by Gasteiger charge is -1.97. The number of rotatable bonds is 1. The molecule has 0 amide bonds. The van der Waals surface area contributed by atoms with E-state index in [4.69, 9.17) is 5.11 Å². The second-order valence-electron chi connectivity index (χ2n) is 1.97. The van der Waals surface area contributed by atoms with Crippen molar-refractivity contribution < 1.29 is 5.11 Å². The van der Waals surface area contributed by atoms with E-state index in [-0.39, 0.29) is 0 Å². The zero-order valence-corrected chi connectivity index (χ0v) is 4.30. The highest BCUT2D eigenvalue weighted by Crippen LogP contribution is 2.05. The van der Waals surface area contributed by atoms with E-state index in [2.05, 4.69) is 5.32 Å². The zero-order valence-electron chi connectivity index (χ0n) is 4.30. The predicted octanol–water partition coefficient (Wildman–Crippen LogP) is -0.397. The number of aliphatic hydroxyl groups excluding tert-OH is 1. The van der Waals surface area contributed by atoms with Crippen molar-refractivity contribution in [2.75, 3.05) is 19.7 Å². The minimum absolute atomic E-state index is 0.323. The average molecular weight is 100 g/mol. The molecule has 0 saturated carbocycles. The fourth-order valence-corrected chi connectivity index (χ4v) is 0.788. The first-order valence-electron chi connectivity index (χ1n) is 2.67. The summed E-state index contributed by atoms with van der Waals surface area (Å²) in [5, 5.41) is 12.6. The van der Waals surface area contributed by atoms with Crippen LogP contribution in [0.15, 0.2) is 0 Å².